The second-order valence-electron chi connectivity index (χ2n) is 4.53. The Morgan fingerprint density at radius 1 is 1.35 bits per heavy atom. The fourth-order valence-corrected chi connectivity index (χ4v) is 2.38. The first-order valence-electron chi connectivity index (χ1n) is 5.82. The molecule has 0 amide bonds. The van der Waals surface area contributed by atoms with E-state index in [9.17, 15) is 13.2 Å². The minimum Gasteiger partial charge on any atom is -0.366 e. The molecule has 0 heterocycles. The van der Waals surface area contributed by atoms with E-state index in [1.54, 1.807) is 30.9 Å². The average Bonchev–Trinajstić information content (AvgIpc) is 2.29. The number of nitrogens with zero attached hydrogens (tertiary/aromatic N) is 2. The largest absolute Gasteiger partial charge is 0.398 e. The summed E-state index contributed by atoms with van der Waals surface area (Å²) >= 11 is 6.83. The molecule has 0 aliphatic carbocycles. The molecule has 7 heteroatoms. The summed E-state index contributed by atoms with van der Waals surface area (Å²) in [6, 6.07) is 3.24. The molecule has 112 valence electrons. The van der Waals surface area contributed by atoms with E-state index in [0.717, 1.165) is 17.6 Å². The number of alkyl halides is 3. The van der Waals surface area contributed by atoms with Crippen LogP contribution in [0.5, 0.6) is 0 Å². The van der Waals surface area contributed by atoms with Gasteiger partial charge in [0.25, 0.3) is 0 Å². The van der Waals surface area contributed by atoms with E-state index >= 15 is 0 Å². The van der Waals surface area contributed by atoms with Crippen LogP contribution in [0.25, 0.3) is 0 Å². The average molecular weight is 325 g/mol. The zero-order valence-corrected chi connectivity index (χ0v) is 13.2. The van der Waals surface area contributed by atoms with E-state index in [-0.39, 0.29) is 0 Å². The quantitative estimate of drug-likeness (QED) is 0.446. The Labute approximate surface area is 126 Å². The fraction of sp³-hybridized carbons (Fsp3) is 0.462. The van der Waals surface area contributed by atoms with Crippen LogP contribution in [-0.2, 0) is 0 Å². The van der Waals surface area contributed by atoms with Crippen molar-refractivity contribution in [2.75, 3.05) is 19.8 Å². The maximum absolute atomic E-state index is 12.3. The normalized spacial score (nSPS) is 12.7. The Morgan fingerprint density at radius 2 is 1.95 bits per heavy atom. The standard InChI is InChI=1S/C13H16ClF3N2S/c1-8-5-10(14)11(18-9(2)19(3)4)6-12(8)20-7-13(15,16)17/h5-6H,7H2,1-4H3. The third-order valence-corrected chi connectivity index (χ3v) is 4.09. The van der Waals surface area contributed by atoms with Gasteiger partial charge in [-0.2, -0.15) is 13.2 Å². The highest BCUT2D eigenvalue weighted by Crippen LogP contribution is 2.36. The Morgan fingerprint density at radius 3 is 2.45 bits per heavy atom. The lowest BCUT2D eigenvalue weighted by Gasteiger charge is -2.13. The van der Waals surface area contributed by atoms with Crippen LogP contribution in [-0.4, -0.2) is 36.8 Å². The maximum Gasteiger partial charge on any atom is 0.398 e. The highest BCUT2D eigenvalue weighted by atomic mass is 35.5. The first-order chi connectivity index (χ1) is 9.10. The summed E-state index contributed by atoms with van der Waals surface area (Å²) in [5.41, 5.74) is 1.19. The zero-order chi connectivity index (χ0) is 15.5. The summed E-state index contributed by atoms with van der Waals surface area (Å²) in [7, 11) is 3.67. The minimum absolute atomic E-state index is 0.431. The Hall–Kier alpha value is -0.880. The predicted molar refractivity (Wildman–Crippen MR) is 79.4 cm³/mol. The molecule has 0 atom stereocenters. The Bertz CT molecular complexity index is 513. The summed E-state index contributed by atoms with van der Waals surface area (Å²) in [5.74, 6) is -0.201. The molecule has 20 heavy (non-hydrogen) atoms. The van der Waals surface area contributed by atoms with Gasteiger partial charge < -0.3 is 4.90 Å². The Kier molecular flexibility index (Phi) is 5.77. The van der Waals surface area contributed by atoms with Gasteiger partial charge in [-0.25, -0.2) is 4.99 Å². The van der Waals surface area contributed by atoms with Crippen molar-refractivity contribution >= 4 is 34.9 Å². The zero-order valence-electron chi connectivity index (χ0n) is 11.7. The van der Waals surface area contributed by atoms with Gasteiger partial charge in [0, 0.05) is 19.0 Å². The number of amidine groups is 1. The second-order valence-corrected chi connectivity index (χ2v) is 5.95. The van der Waals surface area contributed by atoms with Gasteiger partial charge in [0.15, 0.2) is 0 Å². The Balaban J connectivity index is 3.07. The first kappa shape index (κ1) is 17.2. The highest BCUT2D eigenvalue weighted by molar-refractivity contribution is 7.99. The van der Waals surface area contributed by atoms with Crippen LogP contribution in [0.1, 0.15) is 12.5 Å². The molecule has 0 aliphatic heterocycles. The van der Waals surface area contributed by atoms with Crippen LogP contribution in [0.2, 0.25) is 5.02 Å². The minimum atomic E-state index is -4.19. The summed E-state index contributed by atoms with van der Waals surface area (Å²) in [6.45, 7) is 3.54. The van der Waals surface area contributed by atoms with E-state index in [1.165, 1.54) is 0 Å². The molecule has 1 aromatic carbocycles. The summed E-state index contributed by atoms with van der Waals surface area (Å²) in [6.07, 6.45) is -4.19. The monoisotopic (exact) mass is 324 g/mol. The fourth-order valence-electron chi connectivity index (χ4n) is 1.32. The number of aliphatic imine (C=N–C) groups is 1. The lowest BCUT2D eigenvalue weighted by atomic mass is 10.2. The van der Waals surface area contributed by atoms with Crippen molar-refractivity contribution < 1.29 is 13.2 Å². The number of thioether (sulfide) groups is 1. The molecule has 0 aliphatic rings. The highest BCUT2D eigenvalue weighted by Gasteiger charge is 2.27. The topological polar surface area (TPSA) is 15.6 Å². The third kappa shape index (κ3) is 5.25. The SMILES string of the molecule is CC(=Nc1cc(SCC(F)(F)F)c(C)cc1Cl)N(C)C. The van der Waals surface area contributed by atoms with Gasteiger partial charge in [0.2, 0.25) is 0 Å². The number of hydrogen-bond donors (Lipinski definition) is 0. The maximum atomic E-state index is 12.3. The van der Waals surface area contributed by atoms with Gasteiger partial charge >= 0.3 is 6.18 Å². The van der Waals surface area contributed by atoms with Gasteiger partial charge in [-0.15, -0.1) is 11.8 Å². The van der Waals surface area contributed by atoms with Crippen molar-refractivity contribution in [3.63, 3.8) is 0 Å². The summed E-state index contributed by atoms with van der Waals surface area (Å²) < 4.78 is 36.9. The van der Waals surface area contributed by atoms with Crippen LogP contribution < -0.4 is 0 Å². The van der Waals surface area contributed by atoms with Gasteiger partial charge in [-0.1, -0.05) is 11.6 Å². The van der Waals surface area contributed by atoms with Gasteiger partial charge in [0.05, 0.1) is 16.5 Å². The lowest BCUT2D eigenvalue weighted by molar-refractivity contribution is -0.105. The first-order valence-corrected chi connectivity index (χ1v) is 7.19. The molecule has 0 saturated heterocycles. The van der Waals surface area contributed by atoms with Crippen molar-refractivity contribution in [2.24, 2.45) is 4.99 Å². The van der Waals surface area contributed by atoms with E-state index in [1.807, 2.05) is 14.1 Å². The number of rotatable bonds is 3. The number of aryl methyl sites for hydroxylation is 1. The molecule has 1 rings (SSSR count). The second kappa shape index (κ2) is 6.72. The van der Waals surface area contributed by atoms with Gasteiger partial charge in [0.1, 0.15) is 5.84 Å². The molecule has 0 spiro atoms. The van der Waals surface area contributed by atoms with Crippen LogP contribution in [0.4, 0.5) is 18.9 Å². The van der Waals surface area contributed by atoms with E-state index in [0.29, 0.717) is 21.2 Å². The molecular formula is C13H16ClF3N2S. The van der Waals surface area contributed by atoms with Crippen molar-refractivity contribution in [2.45, 2.75) is 24.9 Å². The lowest BCUT2D eigenvalue weighted by Crippen LogP contribution is -2.17. The molecular weight excluding hydrogens is 309 g/mol. The summed E-state index contributed by atoms with van der Waals surface area (Å²) in [5, 5.41) is 0.431. The molecule has 0 fully saturated rings. The third-order valence-electron chi connectivity index (χ3n) is 2.57. The van der Waals surface area contributed by atoms with E-state index in [2.05, 4.69) is 4.99 Å². The van der Waals surface area contributed by atoms with Gasteiger partial charge in [-0.3, -0.25) is 0 Å². The molecule has 0 bridgehead atoms. The van der Waals surface area contributed by atoms with Crippen molar-refractivity contribution in [1.82, 2.24) is 4.90 Å². The van der Waals surface area contributed by atoms with Crippen molar-refractivity contribution in [3.8, 4) is 0 Å². The molecule has 2 nitrogen and oxygen atoms in total. The van der Waals surface area contributed by atoms with Crippen LogP contribution in [0.15, 0.2) is 22.0 Å². The van der Waals surface area contributed by atoms with Crippen LogP contribution in [0.3, 0.4) is 0 Å². The smallest absolute Gasteiger partial charge is 0.366 e. The predicted octanol–water partition coefficient (Wildman–Crippen LogP) is 4.91. The molecule has 1 aromatic rings. The van der Waals surface area contributed by atoms with Crippen LogP contribution in [0, 0.1) is 6.92 Å². The van der Waals surface area contributed by atoms with Gasteiger partial charge in [-0.05, 0) is 31.5 Å². The summed E-state index contributed by atoms with van der Waals surface area (Å²) in [4.78, 5) is 6.66. The van der Waals surface area contributed by atoms with E-state index < -0.39 is 11.9 Å². The molecule has 0 saturated carbocycles. The number of halogens is 4. The molecule has 0 aromatic heterocycles. The van der Waals surface area contributed by atoms with Crippen molar-refractivity contribution in [1.29, 1.82) is 0 Å². The molecule has 0 N–H and O–H groups in total. The number of benzene rings is 1. The number of hydrogen-bond acceptors (Lipinski definition) is 2. The van der Waals surface area contributed by atoms with Crippen molar-refractivity contribution in [3.05, 3.63) is 22.7 Å². The molecule has 0 unspecified atom stereocenters. The van der Waals surface area contributed by atoms with Crippen LogP contribution >= 0.6 is 23.4 Å². The van der Waals surface area contributed by atoms with E-state index in [4.69, 9.17) is 11.6 Å². The molecule has 0 radical (unpaired) electrons.